The van der Waals surface area contributed by atoms with Crippen LogP contribution < -0.4 is 10.0 Å². The van der Waals surface area contributed by atoms with Crippen LogP contribution in [0.4, 0.5) is 4.39 Å². The second kappa shape index (κ2) is 6.74. The molecule has 0 fully saturated rings. The van der Waals surface area contributed by atoms with Crippen molar-refractivity contribution in [1.82, 2.24) is 20.2 Å². The molecule has 0 radical (unpaired) electrons. The summed E-state index contributed by atoms with van der Waals surface area (Å²) in [7, 11) is -2.13. The predicted molar refractivity (Wildman–Crippen MR) is 72.4 cm³/mol. The quantitative estimate of drug-likeness (QED) is 0.770. The molecule has 2 rings (SSSR count). The van der Waals surface area contributed by atoms with E-state index in [2.05, 4.69) is 20.2 Å². The molecule has 0 saturated heterocycles. The van der Waals surface area contributed by atoms with E-state index in [9.17, 15) is 12.8 Å². The third kappa shape index (κ3) is 4.06. The molecule has 0 atom stereocenters. The molecule has 2 aromatic rings. The first-order valence-electron chi connectivity index (χ1n) is 6.21. The molecule has 0 aliphatic heterocycles. The average Bonchev–Trinajstić information content (AvgIpc) is 2.94. The molecular formula is C12H15FN4O3S. The second-order valence-corrected chi connectivity index (χ2v) is 6.00. The van der Waals surface area contributed by atoms with E-state index in [0.717, 1.165) is 6.07 Å². The number of halogens is 1. The Kier molecular flexibility index (Phi) is 4.99. The van der Waals surface area contributed by atoms with Crippen molar-refractivity contribution in [3.63, 3.8) is 0 Å². The van der Waals surface area contributed by atoms with Gasteiger partial charge in [0.25, 0.3) is 0 Å². The third-order valence-corrected chi connectivity index (χ3v) is 4.27. The fourth-order valence-corrected chi connectivity index (χ4v) is 3.07. The zero-order valence-electron chi connectivity index (χ0n) is 11.3. The SMILES string of the molecule is CNCc1ccc(F)cc1S(=O)(=O)NCCc1ncno1. The van der Waals surface area contributed by atoms with Crippen molar-refractivity contribution in [1.29, 1.82) is 0 Å². The lowest BCUT2D eigenvalue weighted by molar-refractivity contribution is 0.377. The highest BCUT2D eigenvalue weighted by Crippen LogP contribution is 2.17. The fourth-order valence-electron chi connectivity index (χ4n) is 1.79. The molecule has 2 N–H and O–H groups in total. The summed E-state index contributed by atoms with van der Waals surface area (Å²) >= 11 is 0. The van der Waals surface area contributed by atoms with Crippen LogP contribution in [0, 0.1) is 5.82 Å². The molecule has 114 valence electrons. The van der Waals surface area contributed by atoms with Gasteiger partial charge in [-0.2, -0.15) is 4.98 Å². The van der Waals surface area contributed by atoms with E-state index in [-0.39, 0.29) is 17.9 Å². The minimum absolute atomic E-state index is 0.0811. The Bertz CT molecular complexity index is 689. The number of aromatic nitrogens is 2. The summed E-state index contributed by atoms with van der Waals surface area (Å²) in [5.74, 6) is -0.278. The van der Waals surface area contributed by atoms with Gasteiger partial charge in [0.1, 0.15) is 5.82 Å². The Balaban J connectivity index is 2.12. The summed E-state index contributed by atoms with van der Waals surface area (Å²) in [6.07, 6.45) is 1.50. The van der Waals surface area contributed by atoms with Gasteiger partial charge in [-0.1, -0.05) is 11.2 Å². The van der Waals surface area contributed by atoms with E-state index in [1.807, 2.05) is 0 Å². The minimum Gasteiger partial charge on any atom is -0.340 e. The number of rotatable bonds is 7. The minimum atomic E-state index is -3.81. The van der Waals surface area contributed by atoms with E-state index in [1.54, 1.807) is 7.05 Å². The van der Waals surface area contributed by atoms with Crippen LogP contribution in [0.25, 0.3) is 0 Å². The summed E-state index contributed by atoms with van der Waals surface area (Å²) in [6.45, 7) is 0.403. The van der Waals surface area contributed by atoms with Crippen LogP contribution in [-0.4, -0.2) is 32.2 Å². The van der Waals surface area contributed by atoms with E-state index in [1.165, 1.54) is 18.5 Å². The van der Waals surface area contributed by atoms with Crippen molar-refractivity contribution >= 4 is 10.0 Å². The molecule has 9 heteroatoms. The molecule has 7 nitrogen and oxygen atoms in total. The fraction of sp³-hybridized carbons (Fsp3) is 0.333. The maximum atomic E-state index is 13.3. The predicted octanol–water partition coefficient (Wildman–Crippen LogP) is 0.449. The summed E-state index contributed by atoms with van der Waals surface area (Å²) in [4.78, 5) is 3.71. The van der Waals surface area contributed by atoms with Crippen LogP contribution in [0.3, 0.4) is 0 Å². The van der Waals surface area contributed by atoms with E-state index >= 15 is 0 Å². The van der Waals surface area contributed by atoms with Gasteiger partial charge < -0.3 is 9.84 Å². The number of nitrogens with one attached hydrogen (secondary N) is 2. The first-order chi connectivity index (χ1) is 10.0. The van der Waals surface area contributed by atoms with Gasteiger partial charge in [-0.3, -0.25) is 0 Å². The molecule has 1 aromatic heterocycles. The zero-order valence-corrected chi connectivity index (χ0v) is 12.2. The second-order valence-electron chi connectivity index (χ2n) is 4.27. The number of hydrogen-bond acceptors (Lipinski definition) is 6. The molecule has 0 bridgehead atoms. The van der Waals surface area contributed by atoms with E-state index in [0.29, 0.717) is 18.0 Å². The molecule has 0 amide bonds. The average molecular weight is 314 g/mol. The summed E-state index contributed by atoms with van der Waals surface area (Å²) in [5.41, 5.74) is 0.490. The van der Waals surface area contributed by atoms with Gasteiger partial charge in [-0.25, -0.2) is 17.5 Å². The lowest BCUT2D eigenvalue weighted by atomic mass is 10.2. The highest BCUT2D eigenvalue weighted by atomic mass is 32.2. The number of nitrogens with zero attached hydrogens (tertiary/aromatic N) is 2. The Morgan fingerprint density at radius 1 is 1.38 bits per heavy atom. The first kappa shape index (κ1) is 15.5. The first-order valence-corrected chi connectivity index (χ1v) is 7.69. The molecule has 1 heterocycles. The third-order valence-electron chi connectivity index (χ3n) is 2.72. The largest absolute Gasteiger partial charge is 0.340 e. The van der Waals surface area contributed by atoms with Crippen LogP contribution >= 0.6 is 0 Å². The van der Waals surface area contributed by atoms with Gasteiger partial charge in [-0.15, -0.1) is 0 Å². The van der Waals surface area contributed by atoms with Crippen LogP contribution in [0.15, 0.2) is 33.9 Å². The maximum Gasteiger partial charge on any atom is 0.241 e. The Hall–Kier alpha value is -1.84. The van der Waals surface area contributed by atoms with Gasteiger partial charge in [-0.05, 0) is 24.7 Å². The van der Waals surface area contributed by atoms with Crippen molar-refractivity contribution in [2.75, 3.05) is 13.6 Å². The lowest BCUT2D eigenvalue weighted by Gasteiger charge is -2.11. The smallest absolute Gasteiger partial charge is 0.241 e. The summed E-state index contributed by atoms with van der Waals surface area (Å²) < 4.78 is 44.9. The van der Waals surface area contributed by atoms with Crippen LogP contribution in [0.1, 0.15) is 11.5 Å². The molecule has 21 heavy (non-hydrogen) atoms. The maximum absolute atomic E-state index is 13.3. The van der Waals surface area contributed by atoms with Crippen LogP contribution in [-0.2, 0) is 23.0 Å². The van der Waals surface area contributed by atoms with Gasteiger partial charge in [0.05, 0.1) is 4.90 Å². The van der Waals surface area contributed by atoms with Crippen molar-refractivity contribution in [2.24, 2.45) is 0 Å². The van der Waals surface area contributed by atoms with Crippen molar-refractivity contribution in [3.8, 4) is 0 Å². The lowest BCUT2D eigenvalue weighted by Crippen LogP contribution is -2.27. The van der Waals surface area contributed by atoms with Crippen LogP contribution in [0.5, 0.6) is 0 Å². The molecule has 0 unspecified atom stereocenters. The van der Waals surface area contributed by atoms with Crippen molar-refractivity contribution in [3.05, 3.63) is 41.8 Å². The molecule has 0 aliphatic carbocycles. The van der Waals surface area contributed by atoms with Gasteiger partial charge >= 0.3 is 0 Å². The normalized spacial score (nSPS) is 11.7. The van der Waals surface area contributed by atoms with Crippen molar-refractivity contribution < 1.29 is 17.3 Å². The van der Waals surface area contributed by atoms with E-state index < -0.39 is 15.8 Å². The Morgan fingerprint density at radius 2 is 2.19 bits per heavy atom. The molecular weight excluding hydrogens is 299 g/mol. The van der Waals surface area contributed by atoms with Gasteiger partial charge in [0.15, 0.2) is 6.33 Å². The van der Waals surface area contributed by atoms with Gasteiger partial charge in [0.2, 0.25) is 15.9 Å². The van der Waals surface area contributed by atoms with Crippen LogP contribution in [0.2, 0.25) is 0 Å². The molecule has 0 saturated carbocycles. The highest BCUT2D eigenvalue weighted by molar-refractivity contribution is 7.89. The monoisotopic (exact) mass is 314 g/mol. The Morgan fingerprint density at radius 3 is 2.86 bits per heavy atom. The molecule has 1 aromatic carbocycles. The summed E-state index contributed by atoms with van der Waals surface area (Å²) in [5, 5.41) is 6.27. The molecule has 0 aliphatic rings. The number of sulfonamides is 1. The zero-order chi connectivity index (χ0) is 15.3. The topological polar surface area (TPSA) is 97.1 Å². The van der Waals surface area contributed by atoms with E-state index in [4.69, 9.17) is 4.52 Å². The van der Waals surface area contributed by atoms with Gasteiger partial charge in [0, 0.05) is 19.5 Å². The summed E-state index contributed by atoms with van der Waals surface area (Å²) in [6, 6.07) is 3.67. The molecule has 0 spiro atoms. The number of benzene rings is 1. The number of hydrogen-bond donors (Lipinski definition) is 2. The Labute approximate surface area is 121 Å². The van der Waals surface area contributed by atoms with Crippen molar-refractivity contribution in [2.45, 2.75) is 17.9 Å². The standard InChI is InChI=1S/C12H15FN4O3S/c1-14-7-9-2-3-10(13)6-11(9)21(18,19)17-5-4-12-15-8-16-20-12/h2-3,6,8,14,17H,4-5,7H2,1H3. The highest BCUT2D eigenvalue weighted by Gasteiger charge is 2.19.